The summed E-state index contributed by atoms with van der Waals surface area (Å²) in [5.41, 5.74) is 0.208. The second kappa shape index (κ2) is 6.37. The van der Waals surface area contributed by atoms with E-state index in [1.54, 1.807) is 0 Å². The summed E-state index contributed by atoms with van der Waals surface area (Å²) < 4.78 is 38.8. The van der Waals surface area contributed by atoms with E-state index >= 15 is 0 Å². The highest BCUT2D eigenvalue weighted by molar-refractivity contribution is 7.11. The van der Waals surface area contributed by atoms with Crippen LogP contribution in [0.15, 0.2) is 30.3 Å². The summed E-state index contributed by atoms with van der Waals surface area (Å²) in [6.07, 6.45) is -3.96. The van der Waals surface area contributed by atoms with Crippen LogP contribution in [0, 0.1) is 0 Å². The Kier molecular flexibility index (Phi) is 4.77. The second-order valence-corrected chi connectivity index (χ2v) is 5.49. The predicted molar refractivity (Wildman–Crippen MR) is 73.7 cm³/mol. The number of aromatic nitrogens is 1. The van der Waals surface area contributed by atoms with E-state index in [2.05, 4.69) is 10.3 Å². The van der Waals surface area contributed by atoms with Crippen LogP contribution < -0.4 is 5.32 Å². The summed E-state index contributed by atoms with van der Waals surface area (Å²) in [5.74, 6) is 0. The molecule has 0 aliphatic heterocycles. The molecule has 2 rings (SSSR count). The molecule has 1 N–H and O–H groups in total. The zero-order valence-electron chi connectivity index (χ0n) is 11.0. The Labute approximate surface area is 119 Å². The normalized spacial score (nSPS) is 11.8. The average molecular weight is 300 g/mol. The van der Waals surface area contributed by atoms with Gasteiger partial charge in [0.25, 0.3) is 0 Å². The molecule has 0 aliphatic rings. The van der Waals surface area contributed by atoms with Gasteiger partial charge in [-0.25, -0.2) is 4.98 Å². The van der Waals surface area contributed by atoms with E-state index in [4.69, 9.17) is 0 Å². The molecule has 1 heterocycles. The lowest BCUT2D eigenvalue weighted by atomic mass is 10.2. The molecule has 108 valence electrons. The van der Waals surface area contributed by atoms with Crippen molar-refractivity contribution in [3.8, 4) is 0 Å². The third-order valence-electron chi connectivity index (χ3n) is 2.74. The largest absolute Gasteiger partial charge is 0.434 e. The van der Waals surface area contributed by atoms with Crippen molar-refractivity contribution < 1.29 is 13.2 Å². The molecule has 0 bridgehead atoms. The first-order chi connectivity index (χ1) is 9.50. The van der Waals surface area contributed by atoms with E-state index in [1.165, 1.54) is 0 Å². The predicted octanol–water partition coefficient (Wildman–Crippen LogP) is 3.86. The van der Waals surface area contributed by atoms with Crippen molar-refractivity contribution in [2.24, 2.45) is 0 Å². The Morgan fingerprint density at radius 2 is 1.90 bits per heavy atom. The third kappa shape index (κ3) is 3.80. The first kappa shape index (κ1) is 15.0. The number of nitrogens with one attached hydrogen (secondary N) is 1. The lowest BCUT2D eigenvalue weighted by Crippen LogP contribution is -2.15. The molecular formula is C14H15F3N2S. The molecule has 1 aromatic carbocycles. The molecule has 20 heavy (non-hydrogen) atoms. The van der Waals surface area contributed by atoms with Gasteiger partial charge in [-0.1, -0.05) is 37.3 Å². The van der Waals surface area contributed by atoms with Gasteiger partial charge < -0.3 is 5.32 Å². The molecule has 0 saturated heterocycles. The van der Waals surface area contributed by atoms with Crippen LogP contribution in [0.3, 0.4) is 0 Å². The highest BCUT2D eigenvalue weighted by Gasteiger charge is 2.37. The van der Waals surface area contributed by atoms with Crippen molar-refractivity contribution in [3.63, 3.8) is 0 Å². The number of hydrogen-bond acceptors (Lipinski definition) is 3. The molecule has 2 nitrogen and oxygen atoms in total. The van der Waals surface area contributed by atoms with Gasteiger partial charge in [0.15, 0.2) is 5.69 Å². The summed E-state index contributed by atoms with van der Waals surface area (Å²) in [4.78, 5) is 4.04. The minimum atomic E-state index is -4.39. The van der Waals surface area contributed by atoms with E-state index < -0.39 is 11.9 Å². The number of nitrogens with zero attached hydrogens (tertiary/aromatic N) is 1. The smallest absolute Gasteiger partial charge is 0.312 e. The van der Waals surface area contributed by atoms with E-state index in [9.17, 15) is 13.2 Å². The van der Waals surface area contributed by atoms with Crippen molar-refractivity contribution in [2.75, 3.05) is 6.54 Å². The van der Waals surface area contributed by atoms with Gasteiger partial charge in [0.2, 0.25) is 0 Å². The zero-order chi connectivity index (χ0) is 14.6. The maximum atomic E-state index is 12.9. The van der Waals surface area contributed by atoms with E-state index in [0.29, 0.717) is 18.0 Å². The minimum Gasteiger partial charge on any atom is -0.312 e. The fourth-order valence-electron chi connectivity index (χ4n) is 1.83. The van der Waals surface area contributed by atoms with Gasteiger partial charge in [-0.2, -0.15) is 13.2 Å². The van der Waals surface area contributed by atoms with Crippen molar-refractivity contribution in [2.45, 2.75) is 26.1 Å². The number of hydrogen-bond donors (Lipinski definition) is 1. The van der Waals surface area contributed by atoms with Crippen molar-refractivity contribution in [1.29, 1.82) is 0 Å². The maximum absolute atomic E-state index is 12.9. The van der Waals surface area contributed by atoms with E-state index in [0.717, 1.165) is 16.9 Å². The number of benzene rings is 1. The molecule has 0 saturated carbocycles. The average Bonchev–Trinajstić information content (AvgIpc) is 2.80. The Morgan fingerprint density at radius 3 is 2.50 bits per heavy atom. The molecule has 2 aromatic rings. The molecule has 1 aromatic heterocycles. The van der Waals surface area contributed by atoms with Crippen LogP contribution in [-0.2, 0) is 19.1 Å². The van der Waals surface area contributed by atoms with Crippen molar-refractivity contribution >= 4 is 11.3 Å². The molecule has 0 amide bonds. The first-order valence-electron chi connectivity index (χ1n) is 6.31. The maximum Gasteiger partial charge on any atom is 0.434 e. The second-order valence-electron chi connectivity index (χ2n) is 4.32. The van der Waals surface area contributed by atoms with Crippen LogP contribution >= 0.6 is 11.3 Å². The van der Waals surface area contributed by atoms with Crippen LogP contribution in [0.2, 0.25) is 0 Å². The number of alkyl halides is 3. The van der Waals surface area contributed by atoms with Crippen LogP contribution in [0.25, 0.3) is 0 Å². The standard InChI is InChI=1S/C14H15F3N2S/c1-2-18-9-11-13(14(15,16)17)19-12(20-11)8-10-6-4-3-5-7-10/h3-7,18H,2,8-9H2,1H3. The molecule has 0 unspecified atom stereocenters. The van der Waals surface area contributed by atoms with Gasteiger partial charge in [0, 0.05) is 13.0 Å². The van der Waals surface area contributed by atoms with Crippen LogP contribution in [0.5, 0.6) is 0 Å². The lowest BCUT2D eigenvalue weighted by Gasteiger charge is -2.05. The summed E-state index contributed by atoms with van der Waals surface area (Å²) in [6.45, 7) is 2.69. The van der Waals surface area contributed by atoms with E-state index in [-0.39, 0.29) is 11.4 Å². The zero-order valence-corrected chi connectivity index (χ0v) is 11.8. The third-order valence-corrected chi connectivity index (χ3v) is 3.80. The Balaban J connectivity index is 2.24. The van der Waals surface area contributed by atoms with Gasteiger partial charge in [-0.3, -0.25) is 0 Å². The molecule has 6 heteroatoms. The fraction of sp³-hybridized carbons (Fsp3) is 0.357. The summed E-state index contributed by atoms with van der Waals surface area (Å²) in [5, 5.41) is 3.42. The van der Waals surface area contributed by atoms with Crippen LogP contribution in [-0.4, -0.2) is 11.5 Å². The Morgan fingerprint density at radius 1 is 1.20 bits per heavy atom. The molecule has 0 fully saturated rings. The Hall–Kier alpha value is -1.40. The first-order valence-corrected chi connectivity index (χ1v) is 7.12. The van der Waals surface area contributed by atoms with Gasteiger partial charge in [0.1, 0.15) is 0 Å². The quantitative estimate of drug-likeness (QED) is 0.907. The molecular weight excluding hydrogens is 285 g/mol. The fourth-order valence-corrected chi connectivity index (χ4v) is 2.92. The lowest BCUT2D eigenvalue weighted by molar-refractivity contribution is -0.141. The highest BCUT2D eigenvalue weighted by Crippen LogP contribution is 2.34. The molecule has 0 atom stereocenters. The van der Waals surface area contributed by atoms with Crippen LogP contribution in [0.4, 0.5) is 13.2 Å². The number of thiazole rings is 1. The molecule has 0 spiro atoms. The highest BCUT2D eigenvalue weighted by atomic mass is 32.1. The van der Waals surface area contributed by atoms with E-state index in [1.807, 2.05) is 37.3 Å². The summed E-state index contributed by atoms with van der Waals surface area (Å²) in [6, 6.07) is 9.39. The monoisotopic (exact) mass is 300 g/mol. The minimum absolute atomic E-state index is 0.206. The Bertz CT molecular complexity index is 549. The SMILES string of the molecule is CCNCc1sc(Cc2ccccc2)nc1C(F)(F)F. The van der Waals surface area contributed by atoms with Crippen molar-refractivity contribution in [3.05, 3.63) is 51.5 Å². The van der Waals surface area contributed by atoms with Crippen LogP contribution in [0.1, 0.15) is 28.1 Å². The number of halogens is 3. The van der Waals surface area contributed by atoms with Gasteiger partial charge in [0.05, 0.1) is 9.88 Å². The van der Waals surface area contributed by atoms with Gasteiger partial charge >= 0.3 is 6.18 Å². The molecule has 0 aliphatic carbocycles. The molecule has 0 radical (unpaired) electrons. The summed E-state index contributed by atoms with van der Waals surface area (Å²) >= 11 is 1.13. The van der Waals surface area contributed by atoms with Gasteiger partial charge in [-0.05, 0) is 12.1 Å². The number of rotatable bonds is 5. The summed E-state index contributed by atoms with van der Waals surface area (Å²) in [7, 11) is 0. The van der Waals surface area contributed by atoms with Crippen molar-refractivity contribution in [1.82, 2.24) is 10.3 Å². The topological polar surface area (TPSA) is 24.9 Å². The van der Waals surface area contributed by atoms with Gasteiger partial charge in [-0.15, -0.1) is 11.3 Å².